The lowest BCUT2D eigenvalue weighted by Crippen LogP contribution is -2.16. The monoisotopic (exact) mass is 390 g/mol. The molecule has 0 saturated carbocycles. The van der Waals surface area contributed by atoms with Crippen LogP contribution in [0.1, 0.15) is 10.4 Å². The molecule has 1 amide bonds. The third-order valence-electron chi connectivity index (χ3n) is 2.82. The van der Waals surface area contributed by atoms with Crippen LogP contribution in [-0.4, -0.2) is 26.1 Å². The number of benzene rings is 2. The van der Waals surface area contributed by atoms with E-state index in [1.54, 1.807) is 12.1 Å². The number of nitrogens with one attached hydrogen (secondary N) is 2. The number of hydrogen-bond acceptors (Lipinski definition) is 4. The number of rotatable bonds is 5. The topological polar surface area (TPSA) is 75.3 Å². The Hall–Kier alpha value is -2.20. The highest BCUT2D eigenvalue weighted by Crippen LogP contribution is 2.36. The average Bonchev–Trinajstić information content (AvgIpc) is 2.47. The first-order valence-corrected chi connectivity index (χ1v) is 9.48. The standard InChI is InChI=1S/C15H13F3N2O3S2/c1-25(22,23)20-13-5-3-2-4-12(13)19-14(21)10-6-8-11(9-7-10)24-15(16,17)18/h2-9,20H,1H3,(H,19,21). The molecule has 0 aromatic heterocycles. The van der Waals surface area contributed by atoms with Crippen LogP contribution in [0.3, 0.4) is 0 Å². The molecule has 0 heterocycles. The Bertz CT molecular complexity index is 866. The molecule has 2 rings (SSSR count). The minimum absolute atomic E-state index is 0.0387. The van der Waals surface area contributed by atoms with Crippen LogP contribution in [0.2, 0.25) is 0 Å². The molecule has 0 saturated heterocycles. The number of para-hydroxylation sites is 2. The van der Waals surface area contributed by atoms with Crippen molar-refractivity contribution < 1.29 is 26.4 Å². The molecule has 0 unspecified atom stereocenters. The zero-order valence-electron chi connectivity index (χ0n) is 12.8. The molecule has 134 valence electrons. The van der Waals surface area contributed by atoms with Gasteiger partial charge in [0.1, 0.15) is 0 Å². The zero-order valence-corrected chi connectivity index (χ0v) is 14.4. The van der Waals surface area contributed by atoms with Crippen LogP contribution in [0.25, 0.3) is 0 Å². The summed E-state index contributed by atoms with van der Waals surface area (Å²) in [6.07, 6.45) is 0.975. The number of amides is 1. The second kappa shape index (κ2) is 7.36. The van der Waals surface area contributed by atoms with Gasteiger partial charge in [0.25, 0.3) is 5.91 Å². The maximum atomic E-state index is 12.3. The van der Waals surface area contributed by atoms with Crippen LogP contribution in [0.15, 0.2) is 53.4 Å². The van der Waals surface area contributed by atoms with E-state index in [4.69, 9.17) is 0 Å². The van der Waals surface area contributed by atoms with E-state index in [-0.39, 0.29) is 33.6 Å². The fraction of sp³-hybridized carbons (Fsp3) is 0.133. The minimum atomic E-state index is -4.40. The minimum Gasteiger partial charge on any atom is -0.320 e. The lowest BCUT2D eigenvalue weighted by Gasteiger charge is -2.12. The predicted octanol–water partition coefficient (Wildman–Crippen LogP) is 3.92. The Labute approximate surface area is 146 Å². The third-order valence-corrected chi connectivity index (χ3v) is 4.15. The van der Waals surface area contributed by atoms with Gasteiger partial charge in [-0.1, -0.05) is 12.1 Å². The summed E-state index contributed by atoms with van der Waals surface area (Å²) in [5.74, 6) is -0.577. The summed E-state index contributed by atoms with van der Waals surface area (Å²) >= 11 is -0.274. The maximum absolute atomic E-state index is 12.3. The fourth-order valence-corrected chi connectivity index (χ4v) is 3.00. The Balaban J connectivity index is 2.15. The number of thioether (sulfide) groups is 1. The van der Waals surface area contributed by atoms with Crippen molar-refractivity contribution >= 4 is 39.1 Å². The first-order chi connectivity index (χ1) is 11.5. The van der Waals surface area contributed by atoms with E-state index >= 15 is 0 Å². The Kier molecular flexibility index (Phi) is 5.63. The summed E-state index contributed by atoms with van der Waals surface area (Å²) in [4.78, 5) is 12.2. The number of halogens is 3. The number of anilines is 2. The van der Waals surface area contributed by atoms with Crippen molar-refractivity contribution in [2.24, 2.45) is 0 Å². The van der Waals surface area contributed by atoms with Gasteiger partial charge < -0.3 is 5.32 Å². The molecular formula is C15H13F3N2O3S2. The quantitative estimate of drug-likeness (QED) is 0.759. The van der Waals surface area contributed by atoms with Gasteiger partial charge in [-0.25, -0.2) is 8.42 Å². The number of carbonyl (C=O) groups is 1. The van der Waals surface area contributed by atoms with E-state index in [0.717, 1.165) is 6.26 Å². The molecule has 0 spiro atoms. The van der Waals surface area contributed by atoms with Crippen LogP contribution >= 0.6 is 11.8 Å². The van der Waals surface area contributed by atoms with Gasteiger partial charge in [-0.2, -0.15) is 13.2 Å². The maximum Gasteiger partial charge on any atom is 0.446 e. The lowest BCUT2D eigenvalue weighted by atomic mass is 10.2. The van der Waals surface area contributed by atoms with Crippen LogP contribution < -0.4 is 10.0 Å². The molecule has 2 N–H and O–H groups in total. The fourth-order valence-electron chi connectivity index (χ4n) is 1.88. The van der Waals surface area contributed by atoms with Crippen molar-refractivity contribution in [2.75, 3.05) is 16.3 Å². The van der Waals surface area contributed by atoms with Gasteiger partial charge in [-0.15, -0.1) is 0 Å². The highest BCUT2D eigenvalue weighted by Gasteiger charge is 2.29. The summed E-state index contributed by atoms with van der Waals surface area (Å²) in [5, 5.41) is 2.52. The molecular weight excluding hydrogens is 377 g/mol. The van der Waals surface area contributed by atoms with Gasteiger partial charge >= 0.3 is 5.51 Å². The lowest BCUT2D eigenvalue weighted by molar-refractivity contribution is -0.0328. The van der Waals surface area contributed by atoms with E-state index in [2.05, 4.69) is 10.0 Å². The molecule has 0 aliphatic rings. The zero-order chi connectivity index (χ0) is 18.7. The molecule has 25 heavy (non-hydrogen) atoms. The van der Waals surface area contributed by atoms with Crippen molar-refractivity contribution in [3.8, 4) is 0 Å². The summed E-state index contributed by atoms with van der Waals surface area (Å²) in [6, 6.07) is 11.1. The van der Waals surface area contributed by atoms with Crippen LogP contribution in [0.4, 0.5) is 24.5 Å². The van der Waals surface area contributed by atoms with Crippen LogP contribution in [0.5, 0.6) is 0 Å². The molecule has 0 fully saturated rings. The largest absolute Gasteiger partial charge is 0.446 e. The summed E-state index contributed by atoms with van der Waals surface area (Å²) in [5.41, 5.74) is -3.85. The first kappa shape index (κ1) is 19.1. The number of hydrogen-bond donors (Lipinski definition) is 2. The molecule has 10 heteroatoms. The molecule has 5 nitrogen and oxygen atoms in total. The summed E-state index contributed by atoms with van der Waals surface area (Å²) in [6.45, 7) is 0. The van der Waals surface area contributed by atoms with Crippen molar-refractivity contribution in [1.82, 2.24) is 0 Å². The second-order valence-electron chi connectivity index (χ2n) is 4.95. The van der Waals surface area contributed by atoms with Crippen molar-refractivity contribution in [1.29, 1.82) is 0 Å². The molecule has 0 aliphatic heterocycles. The number of sulfonamides is 1. The molecule has 0 radical (unpaired) electrons. The van der Waals surface area contributed by atoms with Gasteiger partial charge in [-0.05, 0) is 48.2 Å². The number of carbonyl (C=O) groups excluding carboxylic acids is 1. The highest BCUT2D eigenvalue weighted by atomic mass is 32.2. The smallest absolute Gasteiger partial charge is 0.320 e. The normalized spacial score (nSPS) is 11.8. The van der Waals surface area contributed by atoms with Gasteiger partial charge in [0.15, 0.2) is 0 Å². The molecule has 0 atom stereocenters. The van der Waals surface area contributed by atoms with Crippen molar-refractivity contribution in [3.63, 3.8) is 0 Å². The van der Waals surface area contributed by atoms with E-state index < -0.39 is 21.4 Å². The van der Waals surface area contributed by atoms with Gasteiger partial charge in [-0.3, -0.25) is 9.52 Å². The predicted molar refractivity (Wildman–Crippen MR) is 91.2 cm³/mol. The Morgan fingerprint density at radius 3 is 2.08 bits per heavy atom. The van der Waals surface area contributed by atoms with Gasteiger partial charge in [0, 0.05) is 10.5 Å². The SMILES string of the molecule is CS(=O)(=O)Nc1ccccc1NC(=O)c1ccc(SC(F)(F)F)cc1. The third kappa shape index (κ3) is 6.31. The van der Waals surface area contributed by atoms with Crippen molar-refractivity contribution in [2.45, 2.75) is 10.4 Å². The summed E-state index contributed by atoms with van der Waals surface area (Å²) in [7, 11) is -3.53. The number of alkyl halides is 3. The van der Waals surface area contributed by atoms with Gasteiger partial charge in [0.2, 0.25) is 10.0 Å². The molecule has 0 aliphatic carbocycles. The van der Waals surface area contributed by atoms with Crippen LogP contribution in [0, 0.1) is 0 Å². The van der Waals surface area contributed by atoms with Crippen molar-refractivity contribution in [3.05, 3.63) is 54.1 Å². The molecule has 2 aromatic carbocycles. The molecule has 2 aromatic rings. The first-order valence-electron chi connectivity index (χ1n) is 6.77. The summed E-state index contributed by atoms with van der Waals surface area (Å²) < 4.78 is 61.8. The van der Waals surface area contributed by atoms with E-state index in [1.807, 2.05) is 0 Å². The van der Waals surface area contributed by atoms with Gasteiger partial charge in [0.05, 0.1) is 17.6 Å². The second-order valence-corrected chi connectivity index (χ2v) is 7.83. The van der Waals surface area contributed by atoms with E-state index in [9.17, 15) is 26.4 Å². The van der Waals surface area contributed by atoms with E-state index in [0.29, 0.717) is 0 Å². The molecule has 0 bridgehead atoms. The average molecular weight is 390 g/mol. The van der Waals surface area contributed by atoms with E-state index in [1.165, 1.54) is 36.4 Å². The Morgan fingerprint density at radius 1 is 1.00 bits per heavy atom. The Morgan fingerprint density at radius 2 is 1.56 bits per heavy atom. The van der Waals surface area contributed by atoms with Crippen LogP contribution in [-0.2, 0) is 10.0 Å². The highest BCUT2D eigenvalue weighted by molar-refractivity contribution is 8.00.